The van der Waals surface area contributed by atoms with Gasteiger partial charge in [0.1, 0.15) is 6.04 Å². The van der Waals surface area contributed by atoms with Crippen LogP contribution in [0.25, 0.3) is 0 Å². The Morgan fingerprint density at radius 1 is 1.26 bits per heavy atom. The Morgan fingerprint density at radius 2 is 2.05 bits per heavy atom. The van der Waals surface area contributed by atoms with Crippen molar-refractivity contribution < 1.29 is 4.79 Å². The average Bonchev–Trinajstić information content (AvgIpc) is 3.16. The Morgan fingerprint density at radius 3 is 2.74 bits per heavy atom. The van der Waals surface area contributed by atoms with Crippen molar-refractivity contribution in [3.8, 4) is 0 Å². The van der Waals surface area contributed by atoms with Gasteiger partial charge in [0.2, 0.25) is 5.91 Å². The van der Waals surface area contributed by atoms with Crippen LogP contribution in [0, 0.1) is 0 Å². The van der Waals surface area contributed by atoms with Crippen LogP contribution in [0.15, 0.2) is 30.9 Å². The third-order valence-corrected chi connectivity index (χ3v) is 3.52. The summed E-state index contributed by atoms with van der Waals surface area (Å²) in [6, 6.07) is 1.74. The van der Waals surface area contributed by atoms with E-state index in [1.807, 2.05) is 24.1 Å². The molecule has 2 aromatic heterocycles. The standard InChI is InChI=1S/C12H16N6O/c1-10(17-7-2-4-13-17)12(19)16-8-3-11(9-16)18-14-5-6-15-18/h2,4-7,10-11H,3,8-9H2,1H3. The molecule has 1 fully saturated rings. The van der Waals surface area contributed by atoms with Gasteiger partial charge in [0.25, 0.3) is 0 Å². The molecule has 19 heavy (non-hydrogen) atoms. The molecule has 0 spiro atoms. The summed E-state index contributed by atoms with van der Waals surface area (Å²) in [5.74, 6) is 0.0957. The van der Waals surface area contributed by atoms with Gasteiger partial charge in [-0.2, -0.15) is 20.1 Å². The quantitative estimate of drug-likeness (QED) is 0.806. The third-order valence-electron chi connectivity index (χ3n) is 3.52. The van der Waals surface area contributed by atoms with Crippen LogP contribution in [0.2, 0.25) is 0 Å². The molecule has 0 radical (unpaired) electrons. The van der Waals surface area contributed by atoms with Gasteiger partial charge in [0.15, 0.2) is 0 Å². The van der Waals surface area contributed by atoms with Crippen molar-refractivity contribution in [3.05, 3.63) is 30.9 Å². The van der Waals surface area contributed by atoms with Crippen molar-refractivity contribution in [2.24, 2.45) is 0 Å². The maximum absolute atomic E-state index is 12.4. The van der Waals surface area contributed by atoms with Crippen LogP contribution in [0.4, 0.5) is 0 Å². The molecule has 0 aromatic carbocycles. The fraction of sp³-hybridized carbons (Fsp3) is 0.500. The van der Waals surface area contributed by atoms with Crippen molar-refractivity contribution in [3.63, 3.8) is 0 Å². The van der Waals surface area contributed by atoms with E-state index in [1.54, 1.807) is 28.1 Å². The van der Waals surface area contributed by atoms with E-state index in [9.17, 15) is 4.79 Å². The molecule has 3 rings (SSSR count). The zero-order valence-electron chi connectivity index (χ0n) is 10.8. The molecule has 1 aliphatic heterocycles. The van der Waals surface area contributed by atoms with E-state index in [1.165, 1.54) is 0 Å². The number of hydrogen-bond acceptors (Lipinski definition) is 4. The summed E-state index contributed by atoms with van der Waals surface area (Å²) in [6.07, 6.45) is 7.72. The van der Waals surface area contributed by atoms with Crippen LogP contribution >= 0.6 is 0 Å². The maximum atomic E-state index is 12.4. The first-order valence-electron chi connectivity index (χ1n) is 6.39. The molecule has 1 saturated heterocycles. The van der Waals surface area contributed by atoms with Gasteiger partial charge in [0.05, 0.1) is 18.4 Å². The van der Waals surface area contributed by atoms with Gasteiger partial charge in [0, 0.05) is 25.5 Å². The van der Waals surface area contributed by atoms with Gasteiger partial charge >= 0.3 is 0 Å². The van der Waals surface area contributed by atoms with Crippen LogP contribution < -0.4 is 0 Å². The van der Waals surface area contributed by atoms with Crippen LogP contribution in [0.1, 0.15) is 25.4 Å². The van der Waals surface area contributed by atoms with Gasteiger partial charge in [-0.3, -0.25) is 9.48 Å². The summed E-state index contributed by atoms with van der Waals surface area (Å²) >= 11 is 0. The van der Waals surface area contributed by atoms with Gasteiger partial charge in [-0.25, -0.2) is 0 Å². The third kappa shape index (κ3) is 2.23. The smallest absolute Gasteiger partial charge is 0.247 e. The zero-order chi connectivity index (χ0) is 13.2. The Balaban J connectivity index is 1.66. The molecule has 0 N–H and O–H groups in total. The molecule has 1 amide bonds. The summed E-state index contributed by atoms with van der Waals surface area (Å²) in [4.78, 5) is 15.9. The number of rotatable bonds is 3. The molecule has 7 nitrogen and oxygen atoms in total. The second-order valence-electron chi connectivity index (χ2n) is 4.74. The van der Waals surface area contributed by atoms with E-state index < -0.39 is 0 Å². The van der Waals surface area contributed by atoms with E-state index in [2.05, 4.69) is 15.3 Å². The van der Waals surface area contributed by atoms with Crippen molar-refractivity contribution in [2.45, 2.75) is 25.4 Å². The second kappa shape index (κ2) is 4.83. The van der Waals surface area contributed by atoms with E-state index in [0.29, 0.717) is 6.54 Å². The lowest BCUT2D eigenvalue weighted by molar-refractivity contribution is -0.133. The van der Waals surface area contributed by atoms with Crippen molar-refractivity contribution in [1.82, 2.24) is 29.7 Å². The van der Waals surface area contributed by atoms with Gasteiger partial charge < -0.3 is 4.90 Å². The highest BCUT2D eigenvalue weighted by Crippen LogP contribution is 2.22. The molecule has 1 aliphatic rings. The van der Waals surface area contributed by atoms with E-state index in [4.69, 9.17) is 0 Å². The van der Waals surface area contributed by atoms with E-state index in [-0.39, 0.29) is 18.0 Å². The number of amides is 1. The lowest BCUT2D eigenvalue weighted by Crippen LogP contribution is -2.35. The summed E-state index contributed by atoms with van der Waals surface area (Å²) in [5, 5.41) is 12.4. The second-order valence-corrected chi connectivity index (χ2v) is 4.74. The van der Waals surface area contributed by atoms with E-state index in [0.717, 1.165) is 13.0 Å². The molecule has 2 aromatic rings. The van der Waals surface area contributed by atoms with Gasteiger partial charge in [-0.15, -0.1) is 0 Å². The Hall–Kier alpha value is -2.18. The number of likely N-dealkylation sites (tertiary alicyclic amines) is 1. The fourth-order valence-electron chi connectivity index (χ4n) is 2.43. The molecule has 7 heteroatoms. The predicted octanol–water partition coefficient (Wildman–Crippen LogP) is 0.509. The predicted molar refractivity (Wildman–Crippen MR) is 67.2 cm³/mol. The number of hydrogen-bond donors (Lipinski definition) is 0. The van der Waals surface area contributed by atoms with Crippen LogP contribution in [0.3, 0.4) is 0 Å². The molecule has 2 atom stereocenters. The molecule has 0 saturated carbocycles. The normalized spacial score (nSPS) is 20.7. The first-order chi connectivity index (χ1) is 9.25. The Kier molecular flexibility index (Phi) is 3.02. The minimum Gasteiger partial charge on any atom is -0.339 e. The monoisotopic (exact) mass is 260 g/mol. The summed E-state index contributed by atoms with van der Waals surface area (Å²) in [5.41, 5.74) is 0. The van der Waals surface area contributed by atoms with E-state index >= 15 is 0 Å². The van der Waals surface area contributed by atoms with Crippen LogP contribution in [0.5, 0.6) is 0 Å². The zero-order valence-corrected chi connectivity index (χ0v) is 10.8. The molecule has 2 unspecified atom stereocenters. The number of carbonyl (C=O) groups is 1. The molecule has 0 aliphatic carbocycles. The fourth-order valence-corrected chi connectivity index (χ4v) is 2.43. The van der Waals surface area contributed by atoms with Gasteiger partial charge in [-0.05, 0) is 19.4 Å². The molecule has 0 bridgehead atoms. The van der Waals surface area contributed by atoms with Crippen LogP contribution in [-0.4, -0.2) is 48.7 Å². The van der Waals surface area contributed by atoms with Crippen molar-refractivity contribution in [1.29, 1.82) is 0 Å². The molecule has 3 heterocycles. The molecule has 100 valence electrons. The highest BCUT2D eigenvalue weighted by molar-refractivity contribution is 5.80. The largest absolute Gasteiger partial charge is 0.339 e. The lowest BCUT2D eigenvalue weighted by Gasteiger charge is -2.21. The Labute approximate surface area is 110 Å². The lowest BCUT2D eigenvalue weighted by atomic mass is 10.3. The first kappa shape index (κ1) is 11.9. The Bertz CT molecular complexity index is 535. The maximum Gasteiger partial charge on any atom is 0.247 e. The van der Waals surface area contributed by atoms with Crippen LogP contribution in [-0.2, 0) is 4.79 Å². The topological polar surface area (TPSA) is 68.8 Å². The number of carbonyl (C=O) groups excluding carboxylic acids is 1. The minimum atomic E-state index is -0.265. The van der Waals surface area contributed by atoms with Gasteiger partial charge in [-0.1, -0.05) is 0 Å². The number of aromatic nitrogens is 5. The number of nitrogens with zero attached hydrogens (tertiary/aromatic N) is 6. The summed E-state index contributed by atoms with van der Waals surface area (Å²) < 4.78 is 1.68. The summed E-state index contributed by atoms with van der Waals surface area (Å²) in [6.45, 7) is 3.28. The molecular formula is C12H16N6O. The average molecular weight is 260 g/mol. The molecular weight excluding hydrogens is 244 g/mol. The SMILES string of the molecule is CC(C(=O)N1CCC(n2nccn2)C1)n1cccn1. The highest BCUT2D eigenvalue weighted by Gasteiger charge is 2.31. The first-order valence-corrected chi connectivity index (χ1v) is 6.39. The highest BCUT2D eigenvalue weighted by atomic mass is 16.2. The van der Waals surface area contributed by atoms with Crippen molar-refractivity contribution in [2.75, 3.05) is 13.1 Å². The minimum absolute atomic E-state index is 0.0957. The van der Waals surface area contributed by atoms with Crippen molar-refractivity contribution >= 4 is 5.91 Å². The summed E-state index contributed by atoms with van der Waals surface area (Å²) in [7, 11) is 0.